The summed E-state index contributed by atoms with van der Waals surface area (Å²) in [5, 5.41) is 7.42. The fourth-order valence-corrected chi connectivity index (χ4v) is 2.34. The lowest BCUT2D eigenvalue weighted by molar-refractivity contribution is 0.322. The lowest BCUT2D eigenvalue weighted by atomic mass is 10.00. The fourth-order valence-electron chi connectivity index (χ4n) is 2.34. The Morgan fingerprint density at radius 3 is 3.16 bits per heavy atom. The predicted octanol–water partition coefficient (Wildman–Crippen LogP) is 2.21. The standard InChI is InChI=1S/C14H17N3O2/c1-18-12-6-2-4-10(8-12)13-16-14(19-17-13)11-5-3-7-15-9-11/h2,4,6,8,11,15H,3,5,7,9H2,1H3/t11-/m1/s1. The number of piperidine rings is 1. The van der Waals surface area contributed by atoms with Gasteiger partial charge in [-0.05, 0) is 31.5 Å². The molecule has 1 aliphatic heterocycles. The lowest BCUT2D eigenvalue weighted by Crippen LogP contribution is -2.28. The van der Waals surface area contributed by atoms with Crippen LogP contribution < -0.4 is 10.1 Å². The maximum absolute atomic E-state index is 5.39. The molecule has 5 heteroatoms. The summed E-state index contributed by atoms with van der Waals surface area (Å²) in [6, 6.07) is 7.69. The number of ether oxygens (including phenoxy) is 1. The van der Waals surface area contributed by atoms with Gasteiger partial charge in [0.15, 0.2) is 0 Å². The minimum Gasteiger partial charge on any atom is -0.497 e. The molecule has 0 radical (unpaired) electrons. The molecule has 0 bridgehead atoms. The number of methoxy groups -OCH3 is 1. The number of rotatable bonds is 3. The van der Waals surface area contributed by atoms with E-state index in [1.807, 2.05) is 24.3 Å². The zero-order valence-corrected chi connectivity index (χ0v) is 10.9. The second-order valence-electron chi connectivity index (χ2n) is 4.73. The van der Waals surface area contributed by atoms with Gasteiger partial charge in [0.1, 0.15) is 5.75 Å². The highest BCUT2D eigenvalue weighted by molar-refractivity contribution is 5.56. The van der Waals surface area contributed by atoms with Crippen LogP contribution in [0, 0.1) is 0 Å². The third kappa shape index (κ3) is 2.61. The summed E-state index contributed by atoms with van der Waals surface area (Å²) in [5.41, 5.74) is 0.915. The second-order valence-corrected chi connectivity index (χ2v) is 4.73. The molecule has 5 nitrogen and oxygen atoms in total. The first-order valence-electron chi connectivity index (χ1n) is 6.55. The molecule has 2 heterocycles. The van der Waals surface area contributed by atoms with Crippen molar-refractivity contribution in [1.82, 2.24) is 15.5 Å². The summed E-state index contributed by atoms with van der Waals surface area (Å²) in [6.07, 6.45) is 2.26. The average Bonchev–Trinajstić information content (AvgIpc) is 2.98. The van der Waals surface area contributed by atoms with Gasteiger partial charge in [0.05, 0.1) is 13.0 Å². The number of aromatic nitrogens is 2. The Morgan fingerprint density at radius 2 is 2.37 bits per heavy atom. The van der Waals surface area contributed by atoms with Crippen molar-refractivity contribution in [3.63, 3.8) is 0 Å². The number of benzene rings is 1. The summed E-state index contributed by atoms with van der Waals surface area (Å²) in [4.78, 5) is 4.51. The fraction of sp³-hybridized carbons (Fsp3) is 0.429. The molecule has 1 aromatic carbocycles. The van der Waals surface area contributed by atoms with Crippen LogP contribution in [0.3, 0.4) is 0 Å². The SMILES string of the molecule is COc1cccc(-c2noc([C@@H]3CCCNC3)n2)c1. The van der Waals surface area contributed by atoms with Gasteiger partial charge in [0.25, 0.3) is 0 Å². The van der Waals surface area contributed by atoms with E-state index >= 15 is 0 Å². The second kappa shape index (κ2) is 5.40. The zero-order chi connectivity index (χ0) is 13.1. The third-order valence-corrected chi connectivity index (χ3v) is 3.42. The van der Waals surface area contributed by atoms with E-state index in [-0.39, 0.29) is 0 Å². The minimum absolute atomic E-state index is 0.334. The highest BCUT2D eigenvalue weighted by Crippen LogP contribution is 2.26. The summed E-state index contributed by atoms with van der Waals surface area (Å²) >= 11 is 0. The molecule has 0 amide bonds. The molecule has 1 aromatic heterocycles. The molecule has 0 unspecified atom stereocenters. The highest BCUT2D eigenvalue weighted by Gasteiger charge is 2.21. The summed E-state index contributed by atoms with van der Waals surface area (Å²) in [6.45, 7) is 1.99. The Bertz CT molecular complexity index is 547. The van der Waals surface area contributed by atoms with E-state index in [4.69, 9.17) is 9.26 Å². The van der Waals surface area contributed by atoms with E-state index in [2.05, 4.69) is 15.5 Å². The van der Waals surface area contributed by atoms with Gasteiger partial charge in [-0.1, -0.05) is 17.3 Å². The van der Waals surface area contributed by atoms with Crippen molar-refractivity contribution in [2.24, 2.45) is 0 Å². The molecule has 0 spiro atoms. The molecule has 1 fully saturated rings. The van der Waals surface area contributed by atoms with Crippen molar-refractivity contribution in [2.45, 2.75) is 18.8 Å². The number of hydrogen-bond donors (Lipinski definition) is 1. The molecular weight excluding hydrogens is 242 g/mol. The van der Waals surface area contributed by atoms with Crippen LogP contribution in [0.5, 0.6) is 5.75 Å². The number of nitrogens with zero attached hydrogens (tertiary/aromatic N) is 2. The first-order valence-corrected chi connectivity index (χ1v) is 6.55. The third-order valence-electron chi connectivity index (χ3n) is 3.42. The number of hydrogen-bond acceptors (Lipinski definition) is 5. The maximum atomic E-state index is 5.39. The van der Waals surface area contributed by atoms with Crippen molar-refractivity contribution in [1.29, 1.82) is 0 Å². The van der Waals surface area contributed by atoms with Crippen LogP contribution in [-0.2, 0) is 0 Å². The van der Waals surface area contributed by atoms with Gasteiger partial charge in [-0.15, -0.1) is 0 Å². The van der Waals surface area contributed by atoms with Crippen molar-refractivity contribution in [2.75, 3.05) is 20.2 Å². The Labute approximate surface area is 112 Å². The van der Waals surface area contributed by atoms with Crippen LogP contribution in [0.15, 0.2) is 28.8 Å². The predicted molar refractivity (Wildman–Crippen MR) is 71.1 cm³/mol. The van der Waals surface area contributed by atoms with Gasteiger partial charge in [0, 0.05) is 12.1 Å². The highest BCUT2D eigenvalue weighted by atomic mass is 16.5. The van der Waals surface area contributed by atoms with Crippen LogP contribution in [0.1, 0.15) is 24.7 Å². The Balaban J connectivity index is 1.83. The van der Waals surface area contributed by atoms with Crippen molar-refractivity contribution < 1.29 is 9.26 Å². The quantitative estimate of drug-likeness (QED) is 0.915. The monoisotopic (exact) mass is 259 g/mol. The van der Waals surface area contributed by atoms with Gasteiger partial charge >= 0.3 is 0 Å². The van der Waals surface area contributed by atoms with Gasteiger partial charge in [0.2, 0.25) is 11.7 Å². The van der Waals surface area contributed by atoms with Crippen LogP contribution in [-0.4, -0.2) is 30.3 Å². The van der Waals surface area contributed by atoms with E-state index in [0.717, 1.165) is 43.1 Å². The Hall–Kier alpha value is -1.88. The molecule has 1 N–H and O–H groups in total. The molecule has 19 heavy (non-hydrogen) atoms. The molecule has 3 rings (SSSR count). The van der Waals surface area contributed by atoms with E-state index in [1.54, 1.807) is 7.11 Å². The summed E-state index contributed by atoms with van der Waals surface area (Å²) in [5.74, 6) is 2.48. The molecular formula is C14H17N3O2. The average molecular weight is 259 g/mol. The summed E-state index contributed by atoms with van der Waals surface area (Å²) in [7, 11) is 1.65. The molecule has 0 saturated carbocycles. The van der Waals surface area contributed by atoms with Crippen LogP contribution in [0.2, 0.25) is 0 Å². The van der Waals surface area contributed by atoms with Gasteiger partial charge in [-0.2, -0.15) is 4.98 Å². The normalized spacial score (nSPS) is 19.3. The van der Waals surface area contributed by atoms with Gasteiger partial charge in [-0.25, -0.2) is 0 Å². The van der Waals surface area contributed by atoms with Gasteiger partial charge < -0.3 is 14.6 Å². The first kappa shape index (κ1) is 12.2. The van der Waals surface area contributed by atoms with Crippen molar-refractivity contribution in [3.8, 4) is 17.1 Å². The van der Waals surface area contributed by atoms with Crippen molar-refractivity contribution in [3.05, 3.63) is 30.2 Å². The van der Waals surface area contributed by atoms with Gasteiger partial charge in [-0.3, -0.25) is 0 Å². The maximum Gasteiger partial charge on any atom is 0.231 e. The molecule has 1 atom stereocenters. The molecule has 1 saturated heterocycles. The van der Waals surface area contributed by atoms with E-state index < -0.39 is 0 Å². The molecule has 2 aromatic rings. The molecule has 1 aliphatic rings. The van der Waals surface area contributed by atoms with E-state index in [0.29, 0.717) is 11.7 Å². The van der Waals surface area contributed by atoms with Crippen LogP contribution in [0.4, 0.5) is 0 Å². The lowest BCUT2D eigenvalue weighted by Gasteiger charge is -2.18. The number of nitrogens with one attached hydrogen (secondary N) is 1. The van der Waals surface area contributed by atoms with Crippen LogP contribution >= 0.6 is 0 Å². The smallest absolute Gasteiger partial charge is 0.231 e. The summed E-state index contributed by atoms with van der Waals surface area (Å²) < 4.78 is 10.6. The topological polar surface area (TPSA) is 60.2 Å². The van der Waals surface area contributed by atoms with E-state index in [9.17, 15) is 0 Å². The molecule has 100 valence electrons. The Kier molecular flexibility index (Phi) is 3.46. The van der Waals surface area contributed by atoms with E-state index in [1.165, 1.54) is 0 Å². The van der Waals surface area contributed by atoms with Crippen LogP contribution in [0.25, 0.3) is 11.4 Å². The minimum atomic E-state index is 0.334. The first-order chi connectivity index (χ1) is 9.36. The van der Waals surface area contributed by atoms with Crippen molar-refractivity contribution >= 4 is 0 Å². The Morgan fingerprint density at radius 1 is 1.42 bits per heavy atom. The largest absolute Gasteiger partial charge is 0.497 e. The molecule has 0 aliphatic carbocycles. The zero-order valence-electron chi connectivity index (χ0n) is 10.9.